The van der Waals surface area contributed by atoms with E-state index in [0.29, 0.717) is 18.2 Å². The molecule has 8 nitrogen and oxygen atoms in total. The number of nitrogens with zero attached hydrogens (tertiary/aromatic N) is 2. The number of hydrogen-bond acceptors (Lipinski definition) is 8. The van der Waals surface area contributed by atoms with E-state index in [0.717, 1.165) is 44.8 Å². The molecule has 2 heterocycles. The average Bonchev–Trinajstić information content (AvgIpc) is 3.72. The number of pyridine rings is 2. The summed E-state index contributed by atoms with van der Waals surface area (Å²) in [6, 6.07) is 47.9. The monoisotopic (exact) mass is 1090 g/mol. The second kappa shape index (κ2) is 29.0. The topological polar surface area (TPSA) is 139 Å². The zero-order valence-corrected chi connectivity index (χ0v) is 55.1. The molecule has 8 aromatic rings. The van der Waals surface area contributed by atoms with E-state index in [1.54, 1.807) is 0 Å². The molecule has 1 unspecified atom stereocenters. The van der Waals surface area contributed by atoms with E-state index < -0.39 is 15.4 Å². The van der Waals surface area contributed by atoms with Crippen molar-refractivity contribution in [3.05, 3.63) is 177 Å². The van der Waals surface area contributed by atoms with Gasteiger partial charge in [-0.15, -0.1) is 0 Å². The van der Waals surface area contributed by atoms with Gasteiger partial charge in [-0.2, -0.15) is 0 Å². The molecular formula is C59H64BClK3N2O6P. The van der Waals surface area contributed by atoms with Crippen LogP contribution in [0.2, 0.25) is 11.3 Å². The van der Waals surface area contributed by atoms with Crippen LogP contribution in [0.15, 0.2) is 133 Å². The normalized spacial score (nSPS) is 12.9. The van der Waals surface area contributed by atoms with E-state index in [2.05, 4.69) is 175 Å². The Morgan fingerprint density at radius 1 is 0.644 bits per heavy atom. The third kappa shape index (κ3) is 15.4. The molecule has 1 atom stereocenters. The van der Waals surface area contributed by atoms with Crippen LogP contribution in [0.25, 0.3) is 66.6 Å². The van der Waals surface area contributed by atoms with Crippen LogP contribution < -0.4 is 61.5 Å². The van der Waals surface area contributed by atoms with Crippen LogP contribution in [0.3, 0.4) is 0 Å². The van der Waals surface area contributed by atoms with Crippen LogP contribution in [0.1, 0.15) is 102 Å². The van der Waals surface area contributed by atoms with Gasteiger partial charge in [-0.05, 0) is 165 Å². The predicted octanol–water partition coefficient (Wildman–Crippen LogP) is 10.2. The zero-order valence-electron chi connectivity index (χ0n) is 44.1. The Hall–Kier alpha value is -0.696. The second-order valence-corrected chi connectivity index (χ2v) is 21.0. The van der Waals surface area contributed by atoms with Crippen molar-refractivity contribution < 1.29 is 80.8 Å². The van der Waals surface area contributed by atoms with Crippen molar-refractivity contribution in [1.82, 2.24) is 9.97 Å². The molecule has 2 aromatic heterocycles. The molecular weight excluding hydrogens is 1030 g/mol. The van der Waals surface area contributed by atoms with Crippen LogP contribution in [0.5, 0.6) is 0 Å². The molecule has 0 fully saturated rings. The number of benzene rings is 6. The van der Waals surface area contributed by atoms with Crippen molar-refractivity contribution in [2.24, 2.45) is 11.8 Å². The first-order valence-electron chi connectivity index (χ1n) is 24.5. The van der Waals surface area contributed by atoms with Gasteiger partial charge in [0.15, 0.2) is 0 Å². The Morgan fingerprint density at radius 3 is 1.48 bits per heavy atom. The molecule has 0 amide bonds. The number of rotatable bonds is 7. The number of aryl methyl sites for hydroxylation is 2. The first-order valence-corrected chi connectivity index (χ1v) is 41.9. The standard InChI is InChI=1S/C29H29N.C25H20ClN.C4H11BO2.CH4.3K.HO4P/c1-18(2)15-20-9-8-12-27-22(20)13-14-26(30-27)21-16-19(3)28-23-10-6-7-11-24(23)29(4,5)25(28)17-21;1-15-13-16(22-12-11-18-21(26)9-6-10-23(18)27-22)14-20-24(15)17-7-4-5-8-19(17)25(20,2)3;1-4(2)3-5(6)7;;;;;1-4-5(2)3/h6-14,16-18H,15H2,1-5H3;4-14H,1-3H3;4,6-7H,3H2,1-2H3;1H4;;;;1H/q;;;;;;+1;/p-1. The van der Waals surface area contributed by atoms with Crippen molar-refractivity contribution in [2.45, 2.75) is 100 Å². The Balaban J connectivity index is 0.000000248. The molecule has 0 saturated carbocycles. The Bertz CT molecular complexity index is 3200. The third-order valence-corrected chi connectivity index (χ3v) is 13.7. The molecule has 0 spiro atoms. The summed E-state index contributed by atoms with van der Waals surface area (Å²) in [4.78, 5) is 18.8. The molecule has 2 aliphatic rings. The van der Waals surface area contributed by atoms with Gasteiger partial charge < -0.3 is 20.2 Å². The zero-order chi connectivity index (χ0) is 51.9. The third-order valence-electron chi connectivity index (χ3n) is 13.2. The Morgan fingerprint density at radius 2 is 1.07 bits per heavy atom. The maximum atomic E-state index is 8.87. The van der Waals surface area contributed by atoms with Crippen molar-refractivity contribution >= 4 is 112 Å². The second-order valence-electron chi connectivity index (χ2n) is 20.0. The van der Waals surface area contributed by atoms with Gasteiger partial charge in [0.2, 0.25) is 0 Å². The predicted molar refractivity (Wildman–Crippen MR) is 299 cm³/mol. The van der Waals surface area contributed by atoms with E-state index in [4.69, 9.17) is 46.3 Å². The molecule has 73 heavy (non-hydrogen) atoms. The summed E-state index contributed by atoms with van der Waals surface area (Å²) in [7, 11) is -4.28. The van der Waals surface area contributed by atoms with Crippen molar-refractivity contribution in [2.75, 3.05) is 0 Å². The molecule has 0 radical (unpaired) electrons. The van der Waals surface area contributed by atoms with Crippen LogP contribution in [0, 0.1) is 25.7 Å². The number of fused-ring (bicyclic) bond motifs is 8. The van der Waals surface area contributed by atoms with Crippen LogP contribution >= 0.6 is 19.9 Å². The summed E-state index contributed by atoms with van der Waals surface area (Å²) in [6.07, 6.45) is 1.56. The van der Waals surface area contributed by atoms with Gasteiger partial charge in [0.25, 0.3) is 0 Å². The summed E-state index contributed by atoms with van der Waals surface area (Å²) in [5.74, 6) is 1.01. The molecule has 364 valence electrons. The maximum absolute atomic E-state index is 8.87. The van der Waals surface area contributed by atoms with E-state index in [1.807, 2.05) is 32.0 Å². The summed E-state index contributed by atoms with van der Waals surface area (Å²) in [5, 5.41) is 28.1. The Labute approximate surface area is 527 Å². The molecule has 0 bridgehead atoms. The van der Waals surface area contributed by atoms with Crippen LogP contribution in [-0.2, 0) is 26.5 Å². The van der Waals surface area contributed by atoms with Crippen LogP contribution in [-0.4, -0.2) is 90.3 Å². The molecule has 0 saturated heterocycles. The van der Waals surface area contributed by atoms with E-state index in [9.17, 15) is 0 Å². The number of halogens is 1. The van der Waals surface area contributed by atoms with E-state index >= 15 is 0 Å². The van der Waals surface area contributed by atoms with Gasteiger partial charge in [0.1, 0.15) is 0 Å². The summed E-state index contributed by atoms with van der Waals surface area (Å²) in [6.45, 7) is 22.2. The minimum atomic E-state index is -3.15. The molecule has 2 aliphatic carbocycles. The van der Waals surface area contributed by atoms with Gasteiger partial charge in [-0.3, -0.25) is 0 Å². The fourth-order valence-corrected chi connectivity index (χ4v) is 10.3. The quantitative estimate of drug-likeness (QED) is 0.0697. The summed E-state index contributed by atoms with van der Waals surface area (Å²) >= 11 is 8.81. The molecule has 2 N–H and O–H groups in total. The van der Waals surface area contributed by atoms with Gasteiger partial charge in [-0.1, -0.05) is 147 Å². The molecule has 0 aliphatic heterocycles. The SMILES string of the molecule is C.CC(C)CB(O)O.Cc1cc(-c2ccc3c(CC(C)C)cccc3n2)cc2c1-c1ccccc1C2(C)C.Cc1cc(-c2ccc3c(Cl)cccc3n2)cc2c1-c1ccccc1C2(C)C.O=[P+]([O-])O[O-].[K+].[K][K]. The van der Waals surface area contributed by atoms with E-state index in [1.165, 1.54) is 135 Å². The van der Waals surface area contributed by atoms with Gasteiger partial charge in [0, 0.05) is 37.8 Å². The van der Waals surface area contributed by atoms with E-state index in [-0.39, 0.29) is 69.6 Å². The number of hydrogen-bond donors (Lipinski definition) is 2. The fraction of sp³-hybridized carbons (Fsp3) is 0.288. The molecule has 14 heteroatoms. The van der Waals surface area contributed by atoms with Crippen molar-refractivity contribution in [1.29, 1.82) is 0 Å². The number of aromatic nitrogens is 2. The first kappa shape index (κ1) is 64.8. The average molecular weight is 1090 g/mol. The minimum absolute atomic E-state index is 0. The molecule has 6 aromatic carbocycles. The Kier molecular flexibility index (Phi) is 25.7. The summed E-state index contributed by atoms with van der Waals surface area (Å²) < 4.78 is 11.3. The van der Waals surface area contributed by atoms with Crippen LogP contribution in [0.4, 0.5) is 0 Å². The summed E-state index contributed by atoms with van der Waals surface area (Å²) in [5.41, 5.74) is 21.6. The molecule has 10 rings (SSSR count). The van der Waals surface area contributed by atoms with Crippen molar-refractivity contribution in [3.8, 4) is 44.8 Å². The van der Waals surface area contributed by atoms with Gasteiger partial charge in [0.05, 0.1) is 22.4 Å². The van der Waals surface area contributed by atoms with Gasteiger partial charge >= 0.3 is 130 Å². The van der Waals surface area contributed by atoms with Crippen molar-refractivity contribution in [3.63, 3.8) is 0 Å². The first-order chi connectivity index (χ1) is 33.7. The fourth-order valence-electron chi connectivity index (χ4n) is 10.1. The van der Waals surface area contributed by atoms with Gasteiger partial charge in [-0.25, -0.2) is 14.6 Å².